The summed E-state index contributed by atoms with van der Waals surface area (Å²) >= 11 is 0. The predicted molar refractivity (Wildman–Crippen MR) is 193 cm³/mol. The summed E-state index contributed by atoms with van der Waals surface area (Å²) in [6, 6.07) is -1.11. The molecule has 0 radical (unpaired) electrons. The van der Waals surface area contributed by atoms with Crippen LogP contribution in [0.15, 0.2) is 0 Å². The molecule has 0 aliphatic carbocycles. The van der Waals surface area contributed by atoms with Crippen LogP contribution in [0, 0.1) is 5.92 Å². The van der Waals surface area contributed by atoms with Crippen LogP contribution in [-0.4, -0.2) is 83.3 Å². The summed E-state index contributed by atoms with van der Waals surface area (Å²) < 4.78 is 21.5. The van der Waals surface area contributed by atoms with E-state index >= 15 is 0 Å². The molecule has 0 aromatic carbocycles. The average molecular weight is 726 g/mol. The zero-order valence-electron chi connectivity index (χ0n) is 32.1. The number of rotatable bonds is 10. The first-order chi connectivity index (χ1) is 24.3. The largest absolute Gasteiger partial charge is 0.480 e. The van der Waals surface area contributed by atoms with Crippen LogP contribution in [0.2, 0.25) is 0 Å². The van der Waals surface area contributed by atoms with Crippen molar-refractivity contribution in [2.24, 2.45) is 5.92 Å². The highest BCUT2D eigenvalue weighted by atomic mass is 16.6. The molecule has 1 rings (SSSR count). The second kappa shape index (κ2) is 27.5. The number of carboxylic acid groups (broad SMARTS) is 1. The Kier molecular flexibility index (Phi) is 24.7. The Labute approximate surface area is 306 Å². The number of esters is 4. The SMILES string of the molecule is CC(=O)OC[C@H](OC(C)=O)[C@@H](OC(C)=O)[C@H](OC(C)=O)[C@@H](C)C(=O)N1CCCCCCCCCCCCCCCCCCCCCCC1C(=O)O. The Bertz CT molecular complexity index is 1050. The Balaban J connectivity index is 3.31. The lowest BCUT2D eigenvalue weighted by molar-refractivity contribution is -0.195. The van der Waals surface area contributed by atoms with E-state index in [9.17, 15) is 33.9 Å². The van der Waals surface area contributed by atoms with Crippen molar-refractivity contribution < 1.29 is 52.8 Å². The Morgan fingerprint density at radius 1 is 0.549 bits per heavy atom. The van der Waals surface area contributed by atoms with Gasteiger partial charge in [-0.25, -0.2) is 4.79 Å². The fourth-order valence-corrected chi connectivity index (χ4v) is 6.84. The van der Waals surface area contributed by atoms with Gasteiger partial charge in [0.1, 0.15) is 12.6 Å². The maximum absolute atomic E-state index is 14.4. The molecule has 1 saturated heterocycles. The number of aliphatic carboxylic acids is 1. The molecule has 0 aromatic heterocycles. The molecule has 51 heavy (non-hydrogen) atoms. The third-order valence-electron chi connectivity index (χ3n) is 9.52. The molecule has 1 aliphatic rings. The summed E-state index contributed by atoms with van der Waals surface area (Å²) in [6.45, 7) is 5.60. The van der Waals surface area contributed by atoms with Crippen LogP contribution in [0.1, 0.15) is 169 Å². The van der Waals surface area contributed by atoms with Gasteiger partial charge in [-0.3, -0.25) is 24.0 Å². The van der Waals surface area contributed by atoms with Crippen LogP contribution in [0.25, 0.3) is 0 Å². The van der Waals surface area contributed by atoms with E-state index in [1.54, 1.807) is 0 Å². The number of hydrogen-bond acceptors (Lipinski definition) is 10. The van der Waals surface area contributed by atoms with Crippen molar-refractivity contribution in [1.29, 1.82) is 0 Å². The maximum atomic E-state index is 14.4. The second-order valence-corrected chi connectivity index (χ2v) is 14.1. The van der Waals surface area contributed by atoms with Crippen molar-refractivity contribution in [3.8, 4) is 0 Å². The molecule has 5 atom stereocenters. The van der Waals surface area contributed by atoms with E-state index < -0.39 is 72.6 Å². The molecule has 1 heterocycles. The second-order valence-electron chi connectivity index (χ2n) is 14.1. The summed E-state index contributed by atoms with van der Waals surface area (Å²) in [6.07, 6.45) is 18.0. The fourth-order valence-electron chi connectivity index (χ4n) is 6.84. The van der Waals surface area contributed by atoms with Crippen molar-refractivity contribution in [2.45, 2.75) is 194 Å². The maximum Gasteiger partial charge on any atom is 0.326 e. The Morgan fingerprint density at radius 2 is 0.922 bits per heavy atom. The molecule has 0 bridgehead atoms. The lowest BCUT2D eigenvalue weighted by atomic mass is 9.93. The number of carbonyl (C=O) groups excluding carboxylic acids is 5. The molecule has 0 saturated carbocycles. The number of nitrogens with zero attached hydrogens (tertiary/aromatic N) is 1. The third-order valence-corrected chi connectivity index (χ3v) is 9.52. The van der Waals surface area contributed by atoms with Gasteiger partial charge in [0.15, 0.2) is 18.3 Å². The van der Waals surface area contributed by atoms with Crippen LogP contribution in [0.3, 0.4) is 0 Å². The highest BCUT2D eigenvalue weighted by Gasteiger charge is 2.45. The highest BCUT2D eigenvalue weighted by Crippen LogP contribution is 2.26. The van der Waals surface area contributed by atoms with Gasteiger partial charge in [0, 0.05) is 34.2 Å². The van der Waals surface area contributed by atoms with E-state index in [0.29, 0.717) is 12.8 Å². The molecule has 294 valence electrons. The van der Waals surface area contributed by atoms with E-state index in [4.69, 9.17) is 18.9 Å². The van der Waals surface area contributed by atoms with Gasteiger partial charge < -0.3 is 29.0 Å². The zero-order valence-corrected chi connectivity index (χ0v) is 32.1. The van der Waals surface area contributed by atoms with E-state index in [1.165, 1.54) is 76.0 Å². The number of hydrogen-bond donors (Lipinski definition) is 1. The van der Waals surface area contributed by atoms with Gasteiger partial charge in [-0.05, 0) is 19.8 Å². The van der Waals surface area contributed by atoms with Gasteiger partial charge in [0.2, 0.25) is 5.91 Å². The lowest BCUT2D eigenvalue weighted by Gasteiger charge is -2.37. The topological polar surface area (TPSA) is 163 Å². The van der Waals surface area contributed by atoms with Gasteiger partial charge in [0.05, 0.1) is 5.92 Å². The Morgan fingerprint density at radius 3 is 1.29 bits per heavy atom. The molecule has 1 unspecified atom stereocenters. The van der Waals surface area contributed by atoms with Crippen LogP contribution in [0.5, 0.6) is 0 Å². The molecule has 12 heteroatoms. The number of carbonyl (C=O) groups is 6. The molecule has 1 fully saturated rings. The average Bonchev–Trinajstić information content (AvgIpc) is 3.05. The van der Waals surface area contributed by atoms with Gasteiger partial charge in [-0.2, -0.15) is 0 Å². The predicted octanol–water partition coefficient (Wildman–Crippen LogP) is 7.47. The van der Waals surface area contributed by atoms with Crippen LogP contribution < -0.4 is 0 Å². The third kappa shape index (κ3) is 21.1. The first-order valence-electron chi connectivity index (χ1n) is 19.5. The summed E-state index contributed by atoms with van der Waals surface area (Å²) in [5, 5.41) is 10.4. The zero-order chi connectivity index (χ0) is 38.0. The lowest BCUT2D eigenvalue weighted by Crippen LogP contribution is -2.55. The standard InChI is InChI=1S/C39H67NO11/c1-29(36(50-32(4)43)37(51-33(5)44)35(49-31(3)42)28-48-30(2)41)38(45)40-27-25-23-21-19-17-15-13-11-9-7-6-8-10-12-14-16-18-20-22-24-26-34(40)39(46)47/h29,34-37H,6-28H2,1-5H3,(H,46,47)/t29-,34?,35+,36-,37-/m1/s1. The summed E-state index contributed by atoms with van der Waals surface area (Å²) in [5.74, 6) is -6.04. The van der Waals surface area contributed by atoms with Gasteiger partial charge >= 0.3 is 29.8 Å². The fraction of sp³-hybridized carbons (Fsp3) is 0.846. The van der Waals surface area contributed by atoms with E-state index in [-0.39, 0.29) is 13.0 Å². The van der Waals surface area contributed by atoms with Crippen LogP contribution >= 0.6 is 0 Å². The molecular formula is C39H67NO11. The number of carboxylic acids is 1. The van der Waals surface area contributed by atoms with Gasteiger partial charge in [-0.15, -0.1) is 0 Å². The smallest absolute Gasteiger partial charge is 0.326 e. The minimum atomic E-state index is -1.53. The van der Waals surface area contributed by atoms with Crippen LogP contribution in [-0.2, 0) is 47.7 Å². The van der Waals surface area contributed by atoms with Crippen LogP contribution in [0.4, 0.5) is 0 Å². The first kappa shape index (κ1) is 45.8. The summed E-state index contributed by atoms with van der Waals surface area (Å²) in [5.41, 5.74) is 0. The van der Waals surface area contributed by atoms with E-state index in [1.807, 2.05) is 0 Å². The van der Waals surface area contributed by atoms with Gasteiger partial charge in [0.25, 0.3) is 0 Å². The number of ether oxygens (including phenoxy) is 4. The van der Waals surface area contributed by atoms with Crippen molar-refractivity contribution in [3.63, 3.8) is 0 Å². The summed E-state index contributed by atoms with van der Waals surface area (Å²) in [4.78, 5) is 76.8. The van der Waals surface area contributed by atoms with Crippen molar-refractivity contribution >= 4 is 35.8 Å². The summed E-state index contributed by atoms with van der Waals surface area (Å²) in [7, 11) is 0. The molecule has 0 aromatic rings. The molecular weight excluding hydrogens is 658 g/mol. The van der Waals surface area contributed by atoms with E-state index in [2.05, 4.69) is 0 Å². The first-order valence-corrected chi connectivity index (χ1v) is 19.5. The molecule has 1 amide bonds. The minimum absolute atomic E-state index is 0.186. The van der Waals surface area contributed by atoms with E-state index in [0.717, 1.165) is 79.1 Å². The quantitative estimate of drug-likeness (QED) is 0.176. The van der Waals surface area contributed by atoms with Crippen molar-refractivity contribution in [3.05, 3.63) is 0 Å². The highest BCUT2D eigenvalue weighted by molar-refractivity contribution is 5.85. The molecule has 12 nitrogen and oxygen atoms in total. The van der Waals surface area contributed by atoms with Crippen molar-refractivity contribution in [2.75, 3.05) is 13.2 Å². The normalized spacial score (nSPS) is 21.0. The monoisotopic (exact) mass is 725 g/mol. The Hall–Kier alpha value is -3.18. The van der Waals surface area contributed by atoms with Crippen molar-refractivity contribution in [1.82, 2.24) is 4.90 Å². The van der Waals surface area contributed by atoms with Gasteiger partial charge in [-0.1, -0.05) is 122 Å². The minimum Gasteiger partial charge on any atom is -0.480 e. The number of amides is 1. The molecule has 1 N–H and O–H groups in total. The molecule has 1 aliphatic heterocycles. The molecule has 0 spiro atoms.